The van der Waals surface area contributed by atoms with Crippen LogP contribution < -0.4 is 10.5 Å². The standard InChI is InChI=1S/C16H17N3O/c1-10-6-4-7-12(11(10)2)19-13-8-5-9-14(20-3)15(13)18-16(19)17/h4-9H,1-3H3,(H2,17,18). The molecule has 3 aromatic rings. The van der Waals surface area contributed by atoms with Crippen molar-refractivity contribution in [3.63, 3.8) is 0 Å². The first-order chi connectivity index (χ1) is 9.63. The fourth-order valence-electron chi connectivity index (χ4n) is 2.49. The second-order valence-electron chi connectivity index (χ2n) is 4.85. The van der Waals surface area contributed by atoms with Crippen molar-refractivity contribution in [3.05, 3.63) is 47.5 Å². The van der Waals surface area contributed by atoms with E-state index in [1.54, 1.807) is 7.11 Å². The van der Waals surface area contributed by atoms with Crippen LogP contribution in [0.3, 0.4) is 0 Å². The van der Waals surface area contributed by atoms with E-state index in [0.29, 0.717) is 5.95 Å². The Kier molecular flexibility index (Phi) is 2.86. The zero-order valence-corrected chi connectivity index (χ0v) is 11.8. The van der Waals surface area contributed by atoms with Gasteiger partial charge in [-0.2, -0.15) is 0 Å². The third-order valence-corrected chi connectivity index (χ3v) is 3.71. The Morgan fingerprint density at radius 1 is 1.10 bits per heavy atom. The highest BCUT2D eigenvalue weighted by Crippen LogP contribution is 2.31. The lowest BCUT2D eigenvalue weighted by Gasteiger charge is -2.12. The molecule has 0 saturated carbocycles. The van der Waals surface area contributed by atoms with Crippen molar-refractivity contribution in [2.45, 2.75) is 13.8 Å². The molecule has 0 amide bonds. The number of aryl methyl sites for hydroxylation is 1. The van der Waals surface area contributed by atoms with Gasteiger partial charge < -0.3 is 10.5 Å². The number of rotatable bonds is 2. The first-order valence-electron chi connectivity index (χ1n) is 6.51. The molecule has 0 fully saturated rings. The first kappa shape index (κ1) is 12.5. The van der Waals surface area contributed by atoms with Gasteiger partial charge in [0.1, 0.15) is 11.3 Å². The Bertz CT molecular complexity index is 790. The van der Waals surface area contributed by atoms with Gasteiger partial charge in [-0.15, -0.1) is 0 Å². The molecule has 2 N–H and O–H groups in total. The highest BCUT2D eigenvalue weighted by atomic mass is 16.5. The summed E-state index contributed by atoms with van der Waals surface area (Å²) in [6, 6.07) is 12.0. The summed E-state index contributed by atoms with van der Waals surface area (Å²) in [6.45, 7) is 4.19. The lowest BCUT2D eigenvalue weighted by molar-refractivity contribution is 0.419. The Labute approximate surface area is 117 Å². The lowest BCUT2D eigenvalue weighted by atomic mass is 10.1. The van der Waals surface area contributed by atoms with E-state index in [2.05, 4.69) is 31.0 Å². The van der Waals surface area contributed by atoms with Gasteiger partial charge >= 0.3 is 0 Å². The van der Waals surface area contributed by atoms with E-state index in [1.165, 1.54) is 11.1 Å². The number of anilines is 1. The zero-order valence-electron chi connectivity index (χ0n) is 11.8. The summed E-state index contributed by atoms with van der Waals surface area (Å²) >= 11 is 0. The van der Waals surface area contributed by atoms with Gasteiger partial charge in [0.15, 0.2) is 0 Å². The maximum Gasteiger partial charge on any atom is 0.206 e. The molecule has 4 nitrogen and oxygen atoms in total. The van der Waals surface area contributed by atoms with E-state index in [1.807, 2.05) is 28.8 Å². The van der Waals surface area contributed by atoms with Crippen LogP contribution in [0.5, 0.6) is 5.75 Å². The summed E-state index contributed by atoms with van der Waals surface area (Å²) in [4.78, 5) is 4.45. The second kappa shape index (κ2) is 4.56. The average Bonchev–Trinajstić information content (AvgIpc) is 2.78. The molecule has 0 unspecified atom stereocenters. The monoisotopic (exact) mass is 267 g/mol. The summed E-state index contributed by atoms with van der Waals surface area (Å²) < 4.78 is 7.33. The third-order valence-electron chi connectivity index (χ3n) is 3.71. The molecule has 1 aromatic heterocycles. The van der Waals surface area contributed by atoms with E-state index in [9.17, 15) is 0 Å². The molecule has 0 aliphatic carbocycles. The van der Waals surface area contributed by atoms with Gasteiger partial charge in [-0.25, -0.2) is 4.98 Å². The summed E-state index contributed by atoms with van der Waals surface area (Å²) in [6.07, 6.45) is 0. The van der Waals surface area contributed by atoms with E-state index in [4.69, 9.17) is 10.5 Å². The van der Waals surface area contributed by atoms with Gasteiger partial charge in [-0.05, 0) is 43.2 Å². The Balaban J connectivity index is 2.37. The molecule has 0 aliphatic heterocycles. The van der Waals surface area contributed by atoms with Crippen LogP contribution in [0, 0.1) is 13.8 Å². The van der Waals surface area contributed by atoms with Crippen molar-refractivity contribution in [1.29, 1.82) is 0 Å². The summed E-state index contributed by atoms with van der Waals surface area (Å²) in [7, 11) is 1.64. The number of fused-ring (bicyclic) bond motifs is 1. The molecule has 0 aliphatic rings. The molecule has 1 heterocycles. The van der Waals surface area contributed by atoms with Crippen LogP contribution in [-0.2, 0) is 0 Å². The van der Waals surface area contributed by atoms with Crippen molar-refractivity contribution in [1.82, 2.24) is 9.55 Å². The number of hydrogen-bond acceptors (Lipinski definition) is 3. The summed E-state index contributed by atoms with van der Waals surface area (Å²) in [5.41, 5.74) is 11.3. The van der Waals surface area contributed by atoms with Crippen LogP contribution in [0.25, 0.3) is 16.7 Å². The normalized spacial score (nSPS) is 10.9. The van der Waals surface area contributed by atoms with Gasteiger partial charge in [0, 0.05) is 0 Å². The molecule has 0 spiro atoms. The Morgan fingerprint density at radius 2 is 1.85 bits per heavy atom. The van der Waals surface area contributed by atoms with Gasteiger partial charge in [0.2, 0.25) is 5.95 Å². The topological polar surface area (TPSA) is 53.1 Å². The predicted octanol–water partition coefficient (Wildman–Crippen LogP) is 3.23. The molecular formula is C16H17N3O. The first-order valence-corrected chi connectivity index (χ1v) is 6.51. The Hall–Kier alpha value is -2.49. The molecule has 4 heteroatoms. The molecule has 2 aromatic carbocycles. The van der Waals surface area contributed by atoms with Crippen LogP contribution in [0.15, 0.2) is 36.4 Å². The van der Waals surface area contributed by atoms with Crippen LogP contribution in [0.4, 0.5) is 5.95 Å². The number of nitrogens with zero attached hydrogens (tertiary/aromatic N) is 2. The number of aromatic nitrogens is 2. The second-order valence-corrected chi connectivity index (χ2v) is 4.85. The van der Waals surface area contributed by atoms with E-state index < -0.39 is 0 Å². The van der Waals surface area contributed by atoms with E-state index in [0.717, 1.165) is 22.5 Å². The van der Waals surface area contributed by atoms with Crippen molar-refractivity contribution in [2.75, 3.05) is 12.8 Å². The largest absolute Gasteiger partial charge is 0.494 e. The average molecular weight is 267 g/mol. The number of para-hydroxylation sites is 1. The molecule has 102 valence electrons. The quantitative estimate of drug-likeness (QED) is 0.775. The van der Waals surface area contributed by atoms with Gasteiger partial charge in [-0.1, -0.05) is 18.2 Å². The molecule has 0 saturated heterocycles. The van der Waals surface area contributed by atoms with Gasteiger partial charge in [0.05, 0.1) is 18.3 Å². The number of imidazole rings is 1. The SMILES string of the molecule is COc1cccc2c1nc(N)n2-c1cccc(C)c1C. The summed E-state index contributed by atoms with van der Waals surface area (Å²) in [5, 5.41) is 0. The third kappa shape index (κ3) is 1.72. The molecule has 0 atom stereocenters. The van der Waals surface area contributed by atoms with Crippen LogP contribution in [0.2, 0.25) is 0 Å². The number of hydrogen-bond donors (Lipinski definition) is 1. The Morgan fingerprint density at radius 3 is 2.60 bits per heavy atom. The summed E-state index contributed by atoms with van der Waals surface area (Å²) in [5.74, 6) is 1.21. The molecule has 0 bridgehead atoms. The number of methoxy groups -OCH3 is 1. The minimum absolute atomic E-state index is 0.471. The predicted molar refractivity (Wildman–Crippen MR) is 81.5 cm³/mol. The van der Waals surface area contributed by atoms with Crippen molar-refractivity contribution in [2.24, 2.45) is 0 Å². The zero-order chi connectivity index (χ0) is 14.3. The number of nitrogen functional groups attached to an aromatic ring is 1. The van der Waals surface area contributed by atoms with Crippen molar-refractivity contribution in [3.8, 4) is 11.4 Å². The lowest BCUT2D eigenvalue weighted by Crippen LogP contribution is -2.03. The highest BCUT2D eigenvalue weighted by Gasteiger charge is 2.15. The molecule has 3 rings (SSSR count). The van der Waals surface area contributed by atoms with E-state index >= 15 is 0 Å². The fraction of sp³-hybridized carbons (Fsp3) is 0.188. The van der Waals surface area contributed by atoms with Crippen LogP contribution in [-0.4, -0.2) is 16.7 Å². The van der Waals surface area contributed by atoms with E-state index in [-0.39, 0.29) is 0 Å². The molecular weight excluding hydrogens is 250 g/mol. The van der Waals surface area contributed by atoms with Crippen molar-refractivity contribution < 1.29 is 4.74 Å². The van der Waals surface area contributed by atoms with Gasteiger partial charge in [-0.3, -0.25) is 4.57 Å². The highest BCUT2D eigenvalue weighted by molar-refractivity contribution is 5.86. The van der Waals surface area contributed by atoms with Gasteiger partial charge in [0.25, 0.3) is 0 Å². The maximum absolute atomic E-state index is 6.12. The number of ether oxygens (including phenoxy) is 1. The maximum atomic E-state index is 6.12. The number of benzene rings is 2. The minimum atomic E-state index is 0.471. The van der Waals surface area contributed by atoms with Crippen molar-refractivity contribution >= 4 is 17.0 Å². The number of nitrogens with two attached hydrogens (primary N) is 1. The fourth-order valence-corrected chi connectivity index (χ4v) is 2.49. The van der Waals surface area contributed by atoms with Crippen LogP contribution in [0.1, 0.15) is 11.1 Å². The molecule has 20 heavy (non-hydrogen) atoms. The molecule has 0 radical (unpaired) electrons. The van der Waals surface area contributed by atoms with Crippen LogP contribution >= 0.6 is 0 Å². The minimum Gasteiger partial charge on any atom is -0.494 e. The smallest absolute Gasteiger partial charge is 0.206 e.